The molecule has 0 saturated carbocycles. The Morgan fingerprint density at radius 2 is 2.08 bits per heavy atom. The van der Waals surface area contributed by atoms with Crippen molar-refractivity contribution in [2.24, 2.45) is 0 Å². The molecule has 0 aliphatic heterocycles. The number of hydrogen-bond donors (Lipinski definition) is 1. The predicted molar refractivity (Wildman–Crippen MR) is 49.1 cm³/mol. The molecule has 0 spiro atoms. The normalized spacial score (nSPS) is 11.5. The van der Waals surface area contributed by atoms with Crippen LogP contribution in [0.15, 0.2) is 23.9 Å². The average Bonchev–Trinajstić information content (AvgIpc) is 2.09. The molecule has 1 aromatic rings. The third-order valence-electron chi connectivity index (χ3n) is 1.73. The third-order valence-corrected chi connectivity index (χ3v) is 1.73. The SMILES string of the molecule is CN/C(C)=C/c1ccc(F)cc1F. The van der Waals surface area contributed by atoms with Gasteiger partial charge in [-0.15, -0.1) is 0 Å². The molecular weight excluding hydrogens is 172 g/mol. The first-order valence-electron chi connectivity index (χ1n) is 3.94. The zero-order valence-electron chi connectivity index (χ0n) is 7.57. The first-order chi connectivity index (χ1) is 6.13. The van der Waals surface area contributed by atoms with Gasteiger partial charge in [0.1, 0.15) is 11.6 Å². The quantitative estimate of drug-likeness (QED) is 0.743. The van der Waals surface area contributed by atoms with E-state index < -0.39 is 11.6 Å². The minimum atomic E-state index is -0.559. The maximum atomic E-state index is 13.0. The average molecular weight is 183 g/mol. The van der Waals surface area contributed by atoms with Gasteiger partial charge in [-0.3, -0.25) is 0 Å². The zero-order valence-corrected chi connectivity index (χ0v) is 7.57. The molecule has 0 heterocycles. The molecule has 0 aliphatic rings. The van der Waals surface area contributed by atoms with E-state index in [9.17, 15) is 8.78 Å². The van der Waals surface area contributed by atoms with Crippen molar-refractivity contribution in [3.8, 4) is 0 Å². The fourth-order valence-electron chi connectivity index (χ4n) is 0.924. The van der Waals surface area contributed by atoms with E-state index in [1.165, 1.54) is 12.1 Å². The van der Waals surface area contributed by atoms with Gasteiger partial charge in [0, 0.05) is 24.4 Å². The van der Waals surface area contributed by atoms with Crippen molar-refractivity contribution in [2.75, 3.05) is 7.05 Å². The predicted octanol–water partition coefficient (Wildman–Crippen LogP) is 2.55. The van der Waals surface area contributed by atoms with Crippen LogP contribution in [0.1, 0.15) is 12.5 Å². The van der Waals surface area contributed by atoms with Crippen LogP contribution in [0.2, 0.25) is 0 Å². The van der Waals surface area contributed by atoms with Crippen molar-refractivity contribution in [2.45, 2.75) is 6.92 Å². The van der Waals surface area contributed by atoms with Crippen molar-refractivity contribution in [3.05, 3.63) is 41.1 Å². The third kappa shape index (κ3) is 2.54. The van der Waals surface area contributed by atoms with Gasteiger partial charge < -0.3 is 5.32 Å². The van der Waals surface area contributed by atoms with Crippen molar-refractivity contribution in [1.82, 2.24) is 5.32 Å². The highest BCUT2D eigenvalue weighted by molar-refractivity contribution is 5.52. The molecule has 1 rings (SSSR count). The number of rotatable bonds is 2. The minimum absolute atomic E-state index is 0.383. The van der Waals surface area contributed by atoms with E-state index in [1.54, 1.807) is 13.1 Å². The summed E-state index contributed by atoms with van der Waals surface area (Å²) in [5.41, 5.74) is 1.21. The van der Waals surface area contributed by atoms with E-state index in [1.807, 2.05) is 6.92 Å². The summed E-state index contributed by atoms with van der Waals surface area (Å²) in [6.07, 6.45) is 1.62. The summed E-state index contributed by atoms with van der Waals surface area (Å²) < 4.78 is 25.5. The van der Waals surface area contributed by atoms with E-state index in [-0.39, 0.29) is 0 Å². The molecule has 0 radical (unpaired) electrons. The minimum Gasteiger partial charge on any atom is -0.392 e. The Morgan fingerprint density at radius 1 is 1.38 bits per heavy atom. The lowest BCUT2D eigenvalue weighted by molar-refractivity contribution is 0.581. The maximum Gasteiger partial charge on any atom is 0.133 e. The van der Waals surface area contributed by atoms with Crippen LogP contribution in [0.25, 0.3) is 6.08 Å². The molecular formula is C10H11F2N. The summed E-state index contributed by atoms with van der Waals surface area (Å²) in [6.45, 7) is 1.81. The lowest BCUT2D eigenvalue weighted by Gasteiger charge is -2.00. The van der Waals surface area contributed by atoms with Gasteiger partial charge >= 0.3 is 0 Å². The lowest BCUT2D eigenvalue weighted by atomic mass is 10.2. The van der Waals surface area contributed by atoms with Crippen LogP contribution < -0.4 is 5.32 Å². The molecule has 0 fully saturated rings. The van der Waals surface area contributed by atoms with Crippen LogP contribution in [0.3, 0.4) is 0 Å². The molecule has 1 N–H and O–H groups in total. The van der Waals surface area contributed by atoms with Gasteiger partial charge in [-0.1, -0.05) is 0 Å². The highest BCUT2D eigenvalue weighted by Crippen LogP contribution is 2.12. The largest absolute Gasteiger partial charge is 0.392 e. The van der Waals surface area contributed by atoms with Gasteiger partial charge in [0.15, 0.2) is 0 Å². The van der Waals surface area contributed by atoms with Crippen LogP contribution in [-0.2, 0) is 0 Å². The van der Waals surface area contributed by atoms with Crippen molar-refractivity contribution in [3.63, 3.8) is 0 Å². The molecule has 3 heteroatoms. The van der Waals surface area contributed by atoms with Gasteiger partial charge in [-0.25, -0.2) is 8.78 Å². The Kier molecular flexibility index (Phi) is 3.01. The first kappa shape index (κ1) is 9.71. The molecule has 13 heavy (non-hydrogen) atoms. The molecule has 0 amide bonds. The van der Waals surface area contributed by atoms with Crippen molar-refractivity contribution >= 4 is 6.08 Å². The van der Waals surface area contributed by atoms with E-state index in [0.29, 0.717) is 5.56 Å². The second-order valence-electron chi connectivity index (χ2n) is 2.74. The zero-order chi connectivity index (χ0) is 9.84. The molecule has 1 aromatic carbocycles. The van der Waals surface area contributed by atoms with Gasteiger partial charge in [0.2, 0.25) is 0 Å². The highest BCUT2D eigenvalue weighted by atomic mass is 19.1. The molecule has 0 aliphatic carbocycles. The summed E-state index contributed by atoms with van der Waals surface area (Å²) in [4.78, 5) is 0. The molecule has 0 unspecified atom stereocenters. The van der Waals surface area contributed by atoms with E-state index in [4.69, 9.17) is 0 Å². The molecule has 0 bridgehead atoms. The van der Waals surface area contributed by atoms with Gasteiger partial charge in [0.25, 0.3) is 0 Å². The van der Waals surface area contributed by atoms with Crippen molar-refractivity contribution in [1.29, 1.82) is 0 Å². The molecule has 70 valence electrons. The summed E-state index contributed by atoms with van der Waals surface area (Å²) in [5, 5.41) is 2.86. The van der Waals surface area contributed by atoms with Crippen molar-refractivity contribution < 1.29 is 8.78 Å². The van der Waals surface area contributed by atoms with Gasteiger partial charge in [-0.05, 0) is 25.1 Å². The summed E-state index contributed by atoms with van der Waals surface area (Å²) in [6, 6.07) is 3.51. The second kappa shape index (κ2) is 4.03. The molecule has 1 nitrogen and oxygen atoms in total. The first-order valence-corrected chi connectivity index (χ1v) is 3.94. The van der Waals surface area contributed by atoms with E-state index in [2.05, 4.69) is 5.32 Å². The Morgan fingerprint density at radius 3 is 2.62 bits per heavy atom. The lowest BCUT2D eigenvalue weighted by Crippen LogP contribution is -2.01. The van der Waals surface area contributed by atoms with E-state index >= 15 is 0 Å². The Balaban J connectivity index is 3.03. The summed E-state index contributed by atoms with van der Waals surface area (Å²) >= 11 is 0. The van der Waals surface area contributed by atoms with Gasteiger partial charge in [-0.2, -0.15) is 0 Å². The Bertz CT molecular complexity index is 332. The summed E-state index contributed by atoms with van der Waals surface area (Å²) in [7, 11) is 1.74. The monoisotopic (exact) mass is 183 g/mol. The fraction of sp³-hybridized carbons (Fsp3) is 0.200. The standard InChI is InChI=1S/C10H11F2N/c1-7(13-2)5-8-3-4-9(11)6-10(8)12/h3-6,13H,1-2H3/b7-5+. The van der Waals surface area contributed by atoms with Gasteiger partial charge in [0.05, 0.1) is 0 Å². The molecule has 0 saturated heterocycles. The van der Waals surface area contributed by atoms with Crippen LogP contribution in [0.5, 0.6) is 0 Å². The number of halogens is 2. The van der Waals surface area contributed by atoms with Crippen LogP contribution >= 0.6 is 0 Å². The Labute approximate surface area is 76.1 Å². The molecule has 0 atom stereocenters. The smallest absolute Gasteiger partial charge is 0.133 e. The highest BCUT2D eigenvalue weighted by Gasteiger charge is 2.00. The topological polar surface area (TPSA) is 12.0 Å². The van der Waals surface area contributed by atoms with Crippen LogP contribution in [-0.4, -0.2) is 7.05 Å². The fourth-order valence-corrected chi connectivity index (χ4v) is 0.924. The number of benzene rings is 1. The second-order valence-corrected chi connectivity index (χ2v) is 2.74. The van der Waals surface area contributed by atoms with Crippen LogP contribution in [0, 0.1) is 11.6 Å². The maximum absolute atomic E-state index is 13.0. The number of nitrogens with one attached hydrogen (secondary N) is 1. The summed E-state index contributed by atoms with van der Waals surface area (Å²) in [5.74, 6) is -1.11. The van der Waals surface area contributed by atoms with E-state index in [0.717, 1.165) is 11.8 Å². The number of allylic oxidation sites excluding steroid dienone is 1. The molecule has 0 aromatic heterocycles. The number of hydrogen-bond acceptors (Lipinski definition) is 1. The van der Waals surface area contributed by atoms with Crippen LogP contribution in [0.4, 0.5) is 8.78 Å². The Hall–Kier alpha value is -1.38.